The molecule has 0 aliphatic heterocycles. The molecular formula is C17H17F3N4+2. The average Bonchev–Trinajstić information content (AvgIpc) is 2.93. The Hall–Kier alpha value is -2.70. The average molecular weight is 334 g/mol. The van der Waals surface area contributed by atoms with Gasteiger partial charge >= 0.3 is 6.18 Å². The molecule has 124 valence electrons. The van der Waals surface area contributed by atoms with Crippen LogP contribution in [0.2, 0.25) is 0 Å². The predicted octanol–water partition coefficient (Wildman–Crippen LogP) is 2.61. The summed E-state index contributed by atoms with van der Waals surface area (Å²) >= 11 is 0. The van der Waals surface area contributed by atoms with Crippen LogP contribution in [0.5, 0.6) is 0 Å². The molecule has 0 fully saturated rings. The summed E-state index contributed by atoms with van der Waals surface area (Å²) in [5, 5.41) is 0. The first kappa shape index (κ1) is 16.2. The van der Waals surface area contributed by atoms with Crippen molar-refractivity contribution in [3.05, 3.63) is 66.0 Å². The quantitative estimate of drug-likeness (QED) is 0.662. The zero-order valence-corrected chi connectivity index (χ0v) is 13.5. The maximum absolute atomic E-state index is 13.4. The molecule has 0 unspecified atom stereocenters. The van der Waals surface area contributed by atoms with Crippen LogP contribution in [0, 0.1) is 13.8 Å². The van der Waals surface area contributed by atoms with E-state index in [2.05, 4.69) is 4.98 Å². The molecule has 0 aliphatic rings. The van der Waals surface area contributed by atoms with Crippen LogP contribution in [-0.2, 0) is 13.2 Å². The third kappa shape index (κ3) is 2.77. The zero-order chi connectivity index (χ0) is 17.5. The lowest BCUT2D eigenvalue weighted by molar-refractivity contribution is -0.744. The Morgan fingerprint density at radius 2 is 1.83 bits per heavy atom. The molecule has 24 heavy (non-hydrogen) atoms. The zero-order valence-electron chi connectivity index (χ0n) is 13.5. The van der Waals surface area contributed by atoms with E-state index in [0.29, 0.717) is 17.2 Å². The molecule has 0 atom stereocenters. The Bertz CT molecular complexity index is 897. The van der Waals surface area contributed by atoms with Crippen molar-refractivity contribution in [3.8, 4) is 11.4 Å². The number of alkyl halides is 3. The number of hydrogen-bond acceptors (Lipinski definition) is 1. The number of rotatable bonds is 2. The van der Waals surface area contributed by atoms with Gasteiger partial charge in [0.2, 0.25) is 0 Å². The third-order valence-electron chi connectivity index (χ3n) is 3.99. The van der Waals surface area contributed by atoms with Crippen molar-refractivity contribution in [1.82, 2.24) is 9.67 Å². The summed E-state index contributed by atoms with van der Waals surface area (Å²) in [6, 6.07) is 5.81. The summed E-state index contributed by atoms with van der Waals surface area (Å²) in [6.07, 6.45) is 2.40. The topological polar surface area (TPSA) is 25.6 Å². The van der Waals surface area contributed by atoms with Crippen molar-refractivity contribution in [2.45, 2.75) is 20.0 Å². The van der Waals surface area contributed by atoms with Crippen LogP contribution < -0.4 is 9.25 Å². The summed E-state index contributed by atoms with van der Waals surface area (Å²) in [4.78, 5) is 4.17. The van der Waals surface area contributed by atoms with Crippen LogP contribution in [0.25, 0.3) is 11.4 Å². The van der Waals surface area contributed by atoms with Gasteiger partial charge in [0.25, 0.3) is 5.82 Å². The van der Waals surface area contributed by atoms with Crippen LogP contribution >= 0.6 is 0 Å². The van der Waals surface area contributed by atoms with E-state index in [9.17, 15) is 13.2 Å². The van der Waals surface area contributed by atoms with Gasteiger partial charge in [-0.2, -0.15) is 13.2 Å². The van der Waals surface area contributed by atoms with Gasteiger partial charge in [-0.05, 0) is 19.1 Å². The smallest absolute Gasteiger partial charge is 0.200 e. The highest BCUT2D eigenvalue weighted by Crippen LogP contribution is 2.33. The SMILES string of the molecule is Cc1c(-n2ccc[n+]2C)cc(C(F)(F)F)cc1-[n+]1cccnc1C. The minimum atomic E-state index is -4.43. The first-order chi connectivity index (χ1) is 11.3. The monoisotopic (exact) mass is 334 g/mol. The third-order valence-corrected chi connectivity index (χ3v) is 3.99. The fourth-order valence-corrected chi connectivity index (χ4v) is 2.71. The Morgan fingerprint density at radius 3 is 2.42 bits per heavy atom. The van der Waals surface area contributed by atoms with Crippen LogP contribution in [0.15, 0.2) is 49.1 Å². The second-order valence-electron chi connectivity index (χ2n) is 5.58. The molecule has 0 radical (unpaired) electrons. The minimum Gasteiger partial charge on any atom is -0.200 e. The van der Waals surface area contributed by atoms with E-state index in [-0.39, 0.29) is 0 Å². The Kier molecular flexibility index (Phi) is 3.87. The molecule has 0 bridgehead atoms. The largest absolute Gasteiger partial charge is 0.416 e. The summed E-state index contributed by atoms with van der Waals surface area (Å²) in [6.45, 7) is 3.57. The van der Waals surface area contributed by atoms with E-state index in [1.807, 2.05) is 6.92 Å². The van der Waals surface area contributed by atoms with Crippen molar-refractivity contribution in [2.75, 3.05) is 0 Å². The van der Waals surface area contributed by atoms with Gasteiger partial charge in [-0.3, -0.25) is 0 Å². The van der Waals surface area contributed by atoms with Gasteiger partial charge in [0.15, 0.2) is 13.2 Å². The van der Waals surface area contributed by atoms with E-state index in [0.717, 1.165) is 11.6 Å². The fourth-order valence-electron chi connectivity index (χ4n) is 2.71. The number of hydrogen-bond donors (Lipinski definition) is 0. The lowest BCUT2D eigenvalue weighted by Crippen LogP contribution is -2.39. The molecule has 0 saturated carbocycles. The van der Waals surface area contributed by atoms with Gasteiger partial charge in [-0.1, -0.05) is 4.98 Å². The van der Waals surface area contributed by atoms with Crippen molar-refractivity contribution in [2.24, 2.45) is 7.05 Å². The van der Waals surface area contributed by atoms with E-state index in [1.165, 1.54) is 6.07 Å². The molecule has 4 nitrogen and oxygen atoms in total. The summed E-state index contributed by atoms with van der Waals surface area (Å²) < 4.78 is 45.3. The van der Waals surface area contributed by atoms with Crippen molar-refractivity contribution >= 4 is 0 Å². The first-order valence-electron chi connectivity index (χ1n) is 7.38. The summed E-state index contributed by atoms with van der Waals surface area (Å²) in [5.74, 6) is 0.614. The van der Waals surface area contributed by atoms with E-state index >= 15 is 0 Å². The van der Waals surface area contributed by atoms with Crippen molar-refractivity contribution in [3.63, 3.8) is 0 Å². The molecule has 0 N–H and O–H groups in total. The second kappa shape index (κ2) is 5.74. The van der Waals surface area contributed by atoms with E-state index in [1.54, 1.807) is 64.8 Å². The van der Waals surface area contributed by atoms with E-state index < -0.39 is 11.7 Å². The van der Waals surface area contributed by atoms with E-state index in [4.69, 9.17) is 0 Å². The highest BCUT2D eigenvalue weighted by atomic mass is 19.4. The molecule has 7 heteroatoms. The fraction of sp³-hybridized carbons (Fsp3) is 0.235. The van der Waals surface area contributed by atoms with Crippen molar-refractivity contribution < 1.29 is 22.4 Å². The molecule has 3 rings (SSSR count). The second-order valence-corrected chi connectivity index (χ2v) is 5.58. The number of halogens is 3. The number of aryl methyl sites for hydroxylation is 2. The van der Waals surface area contributed by atoms with Crippen LogP contribution in [-0.4, -0.2) is 9.67 Å². The number of benzene rings is 1. The molecule has 2 heterocycles. The van der Waals surface area contributed by atoms with Gasteiger partial charge in [0.1, 0.15) is 23.8 Å². The van der Waals surface area contributed by atoms with Gasteiger partial charge < -0.3 is 0 Å². The van der Waals surface area contributed by atoms with Crippen LogP contribution in [0.3, 0.4) is 0 Å². The molecular weight excluding hydrogens is 317 g/mol. The van der Waals surface area contributed by atoms with Gasteiger partial charge in [-0.25, -0.2) is 4.57 Å². The molecule has 0 aliphatic carbocycles. The molecule has 2 aromatic heterocycles. The molecule has 0 spiro atoms. The minimum absolute atomic E-state index is 0.458. The van der Waals surface area contributed by atoms with Crippen molar-refractivity contribution in [1.29, 1.82) is 0 Å². The van der Waals surface area contributed by atoms with Gasteiger partial charge in [-0.15, -0.1) is 9.36 Å². The normalized spacial score (nSPS) is 11.8. The highest BCUT2D eigenvalue weighted by molar-refractivity contribution is 5.52. The Morgan fingerprint density at radius 1 is 1.08 bits per heavy atom. The maximum atomic E-state index is 13.4. The Balaban J connectivity index is 2.34. The predicted molar refractivity (Wildman–Crippen MR) is 80.7 cm³/mol. The van der Waals surface area contributed by atoms with Crippen LogP contribution in [0.1, 0.15) is 17.0 Å². The lowest BCUT2D eigenvalue weighted by atomic mass is 10.1. The first-order valence-corrected chi connectivity index (χ1v) is 7.38. The van der Waals surface area contributed by atoms with Gasteiger partial charge in [0.05, 0.1) is 11.8 Å². The summed E-state index contributed by atoms with van der Waals surface area (Å²) in [5.41, 5.74) is 0.973. The number of nitrogens with zero attached hydrogens (tertiary/aromatic N) is 4. The van der Waals surface area contributed by atoms with Gasteiger partial charge in [0, 0.05) is 24.6 Å². The lowest BCUT2D eigenvalue weighted by Gasteiger charge is -2.14. The molecule has 1 aromatic carbocycles. The molecule has 0 amide bonds. The molecule has 3 aromatic rings. The maximum Gasteiger partial charge on any atom is 0.416 e. The standard InChI is InChI=1S/C17H17F3N4/c1-12-15(23-8-4-6-21-13(23)2)10-14(17(18,19)20)11-16(12)24-9-5-7-22(24)3/h4-11H,1-3H3/q+2. The molecule has 0 saturated heterocycles. The number of aromatic nitrogens is 4. The van der Waals surface area contributed by atoms with Crippen LogP contribution in [0.4, 0.5) is 13.2 Å². The highest BCUT2D eigenvalue weighted by Gasteiger charge is 2.34. The summed E-state index contributed by atoms with van der Waals surface area (Å²) in [7, 11) is 1.78. The Labute approximate surface area is 137 Å².